The van der Waals surface area contributed by atoms with Gasteiger partial charge in [-0.3, -0.25) is 4.79 Å². The molecule has 2 aromatic rings. The number of hydrogen-bond donors (Lipinski definition) is 0. The second-order valence-electron chi connectivity index (χ2n) is 4.40. The minimum absolute atomic E-state index is 0.0380. The predicted octanol–water partition coefficient (Wildman–Crippen LogP) is 3.32. The number of hydrogen-bond acceptors (Lipinski definition) is 1. The molecule has 0 atom stereocenters. The first-order valence-electron chi connectivity index (χ1n) is 5.48. The molecule has 0 amide bonds. The minimum atomic E-state index is -0.248. The largest absolute Gasteiger partial charge is 0.344 e. The lowest BCUT2D eigenvalue weighted by atomic mass is 10.1. The van der Waals surface area contributed by atoms with Crippen molar-refractivity contribution >= 4 is 16.7 Å². The first kappa shape index (κ1) is 9.58. The maximum atomic E-state index is 13.2. The number of halogens is 1. The number of carbonyl (C=O) groups is 1. The van der Waals surface area contributed by atoms with Crippen molar-refractivity contribution in [3.8, 4) is 0 Å². The molecule has 0 aliphatic heterocycles. The van der Waals surface area contributed by atoms with Crippen LogP contribution in [0.5, 0.6) is 0 Å². The van der Waals surface area contributed by atoms with Crippen LogP contribution < -0.4 is 0 Å². The summed E-state index contributed by atoms with van der Waals surface area (Å²) in [5.41, 5.74) is 1.54. The van der Waals surface area contributed by atoms with Crippen LogP contribution in [0.25, 0.3) is 10.9 Å². The summed E-state index contributed by atoms with van der Waals surface area (Å²) in [6.45, 7) is 1.55. The number of ketones is 1. The summed E-state index contributed by atoms with van der Waals surface area (Å²) in [4.78, 5) is 11.5. The molecular weight excluding hydrogens is 205 g/mol. The molecule has 1 saturated carbocycles. The molecule has 1 aromatic carbocycles. The van der Waals surface area contributed by atoms with Crippen LogP contribution in [0, 0.1) is 5.82 Å². The highest BCUT2D eigenvalue weighted by atomic mass is 19.1. The zero-order valence-electron chi connectivity index (χ0n) is 9.03. The summed E-state index contributed by atoms with van der Waals surface area (Å²) in [5.74, 6) is -0.210. The number of nitrogens with zero attached hydrogens (tertiary/aromatic N) is 1. The van der Waals surface area contributed by atoms with Crippen LogP contribution in [-0.2, 0) is 0 Å². The summed E-state index contributed by atoms with van der Waals surface area (Å²) in [6.07, 6.45) is 4.11. The molecule has 0 bridgehead atoms. The number of benzene rings is 1. The zero-order valence-corrected chi connectivity index (χ0v) is 9.03. The van der Waals surface area contributed by atoms with Crippen molar-refractivity contribution in [1.82, 2.24) is 4.57 Å². The van der Waals surface area contributed by atoms with Crippen LogP contribution in [0.1, 0.15) is 36.2 Å². The fourth-order valence-electron chi connectivity index (χ4n) is 2.16. The Balaban J connectivity index is 2.32. The van der Waals surface area contributed by atoms with Crippen molar-refractivity contribution < 1.29 is 9.18 Å². The van der Waals surface area contributed by atoms with E-state index in [-0.39, 0.29) is 11.6 Å². The van der Waals surface area contributed by atoms with Crippen molar-refractivity contribution in [2.45, 2.75) is 25.8 Å². The Kier molecular flexibility index (Phi) is 1.90. The SMILES string of the molecule is CC(=O)c1cn(C2CC2)c2cc(F)ccc12. The van der Waals surface area contributed by atoms with Gasteiger partial charge < -0.3 is 4.57 Å². The van der Waals surface area contributed by atoms with E-state index in [4.69, 9.17) is 0 Å². The van der Waals surface area contributed by atoms with E-state index in [9.17, 15) is 9.18 Å². The summed E-state index contributed by atoms with van der Waals surface area (Å²) in [7, 11) is 0. The Bertz CT molecular complexity index is 581. The second kappa shape index (κ2) is 3.17. The van der Waals surface area contributed by atoms with E-state index in [1.165, 1.54) is 12.1 Å². The van der Waals surface area contributed by atoms with Gasteiger partial charge in [0.2, 0.25) is 0 Å². The van der Waals surface area contributed by atoms with Crippen molar-refractivity contribution in [1.29, 1.82) is 0 Å². The van der Waals surface area contributed by atoms with Gasteiger partial charge in [-0.1, -0.05) is 0 Å². The van der Waals surface area contributed by atoms with E-state index in [2.05, 4.69) is 0 Å². The topological polar surface area (TPSA) is 22.0 Å². The second-order valence-corrected chi connectivity index (χ2v) is 4.40. The molecule has 3 rings (SSSR count). The molecule has 0 radical (unpaired) electrons. The maximum Gasteiger partial charge on any atom is 0.161 e. The third-order valence-electron chi connectivity index (χ3n) is 3.12. The fourth-order valence-corrected chi connectivity index (χ4v) is 2.16. The predicted molar refractivity (Wildman–Crippen MR) is 60.2 cm³/mol. The van der Waals surface area contributed by atoms with Crippen LogP contribution in [0.3, 0.4) is 0 Å². The zero-order chi connectivity index (χ0) is 11.3. The molecule has 3 heteroatoms. The Morgan fingerprint density at radius 2 is 2.19 bits per heavy atom. The molecule has 1 aromatic heterocycles. The van der Waals surface area contributed by atoms with Crippen LogP contribution in [-0.4, -0.2) is 10.4 Å². The number of carbonyl (C=O) groups excluding carboxylic acids is 1. The van der Waals surface area contributed by atoms with Crippen molar-refractivity contribution in [3.05, 3.63) is 35.8 Å². The molecule has 0 unspecified atom stereocenters. The van der Waals surface area contributed by atoms with E-state index in [1.54, 1.807) is 13.0 Å². The molecule has 82 valence electrons. The molecule has 1 heterocycles. The average Bonchev–Trinajstić information content (AvgIpc) is 3.00. The third kappa shape index (κ3) is 1.35. The molecule has 1 fully saturated rings. The van der Waals surface area contributed by atoms with Gasteiger partial charge in [-0.15, -0.1) is 0 Å². The van der Waals surface area contributed by atoms with Gasteiger partial charge in [0, 0.05) is 23.2 Å². The van der Waals surface area contributed by atoms with Crippen molar-refractivity contribution in [3.63, 3.8) is 0 Å². The maximum absolute atomic E-state index is 13.2. The molecule has 0 N–H and O–H groups in total. The number of aromatic nitrogens is 1. The molecule has 16 heavy (non-hydrogen) atoms. The first-order valence-corrected chi connectivity index (χ1v) is 5.48. The summed E-state index contributed by atoms with van der Waals surface area (Å²) >= 11 is 0. The van der Waals surface area contributed by atoms with Gasteiger partial charge in [-0.25, -0.2) is 4.39 Å². The van der Waals surface area contributed by atoms with Crippen LogP contribution in [0.15, 0.2) is 24.4 Å². The van der Waals surface area contributed by atoms with E-state index < -0.39 is 0 Å². The lowest BCUT2D eigenvalue weighted by molar-refractivity contribution is 0.101. The number of Topliss-reactive ketones (excluding diaryl/α,β-unsaturated/α-hetero) is 1. The molecule has 2 nitrogen and oxygen atoms in total. The lowest BCUT2D eigenvalue weighted by Gasteiger charge is -2.01. The quantitative estimate of drug-likeness (QED) is 0.707. The number of fused-ring (bicyclic) bond motifs is 1. The summed E-state index contributed by atoms with van der Waals surface area (Å²) < 4.78 is 15.2. The number of rotatable bonds is 2. The fraction of sp³-hybridized carbons (Fsp3) is 0.308. The van der Waals surface area contributed by atoms with E-state index in [0.717, 1.165) is 23.7 Å². The Hall–Kier alpha value is -1.64. The van der Waals surface area contributed by atoms with Crippen molar-refractivity contribution in [2.75, 3.05) is 0 Å². The van der Waals surface area contributed by atoms with Gasteiger partial charge in [-0.05, 0) is 38.0 Å². The normalized spacial score (nSPS) is 15.6. The Morgan fingerprint density at radius 1 is 1.44 bits per heavy atom. The van der Waals surface area contributed by atoms with Gasteiger partial charge in [0.25, 0.3) is 0 Å². The Morgan fingerprint density at radius 3 is 2.81 bits per heavy atom. The molecule has 1 aliphatic carbocycles. The van der Waals surface area contributed by atoms with Gasteiger partial charge in [0.1, 0.15) is 5.82 Å². The third-order valence-corrected chi connectivity index (χ3v) is 3.12. The summed E-state index contributed by atoms with van der Waals surface area (Å²) in [5, 5.41) is 0.862. The highest BCUT2D eigenvalue weighted by Crippen LogP contribution is 2.39. The van der Waals surface area contributed by atoms with Crippen molar-refractivity contribution in [2.24, 2.45) is 0 Å². The van der Waals surface area contributed by atoms with Gasteiger partial charge in [-0.2, -0.15) is 0 Å². The van der Waals surface area contributed by atoms with Gasteiger partial charge in [0.05, 0.1) is 5.52 Å². The van der Waals surface area contributed by atoms with E-state index >= 15 is 0 Å². The molecule has 1 aliphatic rings. The highest BCUT2D eigenvalue weighted by Gasteiger charge is 2.26. The van der Waals surface area contributed by atoms with Crippen LogP contribution in [0.4, 0.5) is 4.39 Å². The average molecular weight is 217 g/mol. The van der Waals surface area contributed by atoms with E-state index in [1.807, 2.05) is 10.8 Å². The highest BCUT2D eigenvalue weighted by molar-refractivity contribution is 6.07. The van der Waals surface area contributed by atoms with Crippen LogP contribution >= 0.6 is 0 Å². The first-order chi connectivity index (χ1) is 7.66. The molecule has 0 saturated heterocycles. The minimum Gasteiger partial charge on any atom is -0.344 e. The van der Waals surface area contributed by atoms with Gasteiger partial charge >= 0.3 is 0 Å². The lowest BCUT2D eigenvalue weighted by Crippen LogP contribution is -1.91. The standard InChI is InChI=1S/C13H12FNO/c1-8(16)12-7-15(10-3-4-10)13-6-9(14)2-5-11(12)13/h2,5-7,10H,3-4H2,1H3. The Labute approximate surface area is 92.7 Å². The smallest absolute Gasteiger partial charge is 0.161 e. The monoisotopic (exact) mass is 217 g/mol. The summed E-state index contributed by atoms with van der Waals surface area (Å²) in [6, 6.07) is 5.07. The van der Waals surface area contributed by atoms with Crippen LogP contribution in [0.2, 0.25) is 0 Å². The molecule has 0 spiro atoms. The van der Waals surface area contributed by atoms with E-state index in [0.29, 0.717) is 11.6 Å². The van der Waals surface area contributed by atoms with Gasteiger partial charge in [0.15, 0.2) is 5.78 Å². The molecular formula is C13H12FNO.